The van der Waals surface area contributed by atoms with E-state index in [0.29, 0.717) is 6.04 Å². The van der Waals surface area contributed by atoms with Crippen LogP contribution in [0.3, 0.4) is 0 Å². The molecule has 1 heterocycles. The third-order valence-electron chi connectivity index (χ3n) is 4.56. The van der Waals surface area contributed by atoms with Crippen LogP contribution in [0.5, 0.6) is 0 Å². The fourth-order valence-electron chi connectivity index (χ4n) is 3.54. The lowest BCUT2D eigenvalue weighted by Crippen LogP contribution is -2.35. The first kappa shape index (κ1) is 14.4. The Morgan fingerprint density at radius 1 is 1.42 bits per heavy atom. The van der Waals surface area contributed by atoms with Crippen molar-refractivity contribution in [3.8, 4) is 0 Å². The highest BCUT2D eigenvalue weighted by Crippen LogP contribution is 2.38. The number of hydrogen-bond donors (Lipinski definition) is 1. The molecule has 3 unspecified atom stereocenters. The summed E-state index contributed by atoms with van der Waals surface area (Å²) in [5.41, 5.74) is 1.13. The molecule has 0 saturated heterocycles. The minimum absolute atomic E-state index is 0.525. The zero-order valence-electron chi connectivity index (χ0n) is 12.6. The Labute approximate surface area is 117 Å². The maximum atomic E-state index is 4.97. The Hall–Kier alpha value is -1.05. The lowest BCUT2D eigenvalue weighted by molar-refractivity contribution is 0.169. The molecule has 1 N–H and O–H groups in total. The van der Waals surface area contributed by atoms with Crippen molar-refractivity contribution in [2.24, 2.45) is 22.7 Å². The van der Waals surface area contributed by atoms with Crippen LogP contribution in [0.15, 0.2) is 23.3 Å². The molecule has 0 bridgehead atoms. The Morgan fingerprint density at radius 3 is 2.89 bits per heavy atom. The quantitative estimate of drug-likeness (QED) is 0.745. The third-order valence-corrected chi connectivity index (χ3v) is 4.56. The molecule has 0 radical (unpaired) electrons. The summed E-state index contributed by atoms with van der Waals surface area (Å²) in [6.07, 6.45) is 10.7. The number of H-pyrrole nitrogens is 1. The van der Waals surface area contributed by atoms with E-state index in [1.54, 1.807) is 0 Å². The number of hydrogen-bond acceptors (Lipinski definition) is 1. The van der Waals surface area contributed by atoms with E-state index in [0.717, 1.165) is 23.4 Å². The highest BCUT2D eigenvalue weighted by Gasteiger charge is 2.33. The molecule has 2 heteroatoms. The average Bonchev–Trinajstić information content (AvgIpc) is 2.90. The monoisotopic (exact) mass is 260 g/mol. The average molecular weight is 260 g/mol. The van der Waals surface area contributed by atoms with Gasteiger partial charge in [-0.3, -0.25) is 4.99 Å². The number of aliphatic imine (C=N–C) groups is 1. The summed E-state index contributed by atoms with van der Waals surface area (Å²) in [6.45, 7) is 7.01. The van der Waals surface area contributed by atoms with Crippen LogP contribution in [0.2, 0.25) is 0 Å². The van der Waals surface area contributed by atoms with E-state index < -0.39 is 0 Å². The lowest BCUT2D eigenvalue weighted by atomic mass is 9.71. The fourth-order valence-corrected chi connectivity index (χ4v) is 3.54. The number of rotatable bonds is 5. The Bertz CT molecular complexity index is 376. The van der Waals surface area contributed by atoms with Gasteiger partial charge in [-0.05, 0) is 49.1 Å². The van der Waals surface area contributed by atoms with E-state index in [-0.39, 0.29) is 0 Å². The topological polar surface area (TPSA) is 28.1 Å². The van der Waals surface area contributed by atoms with Gasteiger partial charge in [0, 0.05) is 12.4 Å². The van der Waals surface area contributed by atoms with Crippen LogP contribution in [-0.2, 0) is 0 Å². The van der Waals surface area contributed by atoms with Crippen LogP contribution >= 0.6 is 0 Å². The van der Waals surface area contributed by atoms with Gasteiger partial charge in [-0.1, -0.05) is 33.6 Å². The zero-order chi connectivity index (χ0) is 13.7. The first-order chi connectivity index (χ1) is 9.22. The molecule has 1 aromatic rings. The Kier molecular flexibility index (Phi) is 5.24. The van der Waals surface area contributed by atoms with Crippen LogP contribution < -0.4 is 0 Å². The van der Waals surface area contributed by atoms with Gasteiger partial charge < -0.3 is 4.98 Å². The summed E-state index contributed by atoms with van der Waals surface area (Å²) in [5, 5.41) is 0. The molecule has 2 rings (SSSR count). The molecular weight excluding hydrogens is 232 g/mol. The molecule has 0 amide bonds. The molecule has 1 aliphatic rings. The lowest BCUT2D eigenvalue weighted by Gasteiger charge is -2.38. The summed E-state index contributed by atoms with van der Waals surface area (Å²) in [7, 11) is 0. The maximum absolute atomic E-state index is 4.97. The molecule has 3 atom stereocenters. The first-order valence-electron chi connectivity index (χ1n) is 7.89. The van der Waals surface area contributed by atoms with E-state index in [4.69, 9.17) is 4.99 Å². The normalized spacial score (nSPS) is 28.3. The summed E-state index contributed by atoms with van der Waals surface area (Å²) in [6, 6.07) is 4.65. The molecule has 19 heavy (non-hydrogen) atoms. The molecule has 2 nitrogen and oxygen atoms in total. The smallest absolute Gasteiger partial charge is 0.0561 e. The van der Waals surface area contributed by atoms with Crippen molar-refractivity contribution in [1.29, 1.82) is 0 Å². The Morgan fingerprint density at radius 2 is 2.26 bits per heavy atom. The summed E-state index contributed by atoms with van der Waals surface area (Å²) >= 11 is 0. The van der Waals surface area contributed by atoms with Gasteiger partial charge in [0.05, 0.1) is 11.7 Å². The van der Waals surface area contributed by atoms with Crippen molar-refractivity contribution in [2.45, 2.75) is 58.9 Å². The zero-order valence-corrected chi connectivity index (χ0v) is 12.6. The Balaban J connectivity index is 2.12. The minimum Gasteiger partial charge on any atom is -0.360 e. The molecule has 1 fully saturated rings. The van der Waals surface area contributed by atoms with Gasteiger partial charge in [0.25, 0.3) is 0 Å². The van der Waals surface area contributed by atoms with E-state index in [1.165, 1.54) is 32.1 Å². The summed E-state index contributed by atoms with van der Waals surface area (Å²) in [5.74, 6) is 2.29. The minimum atomic E-state index is 0.525. The molecule has 1 saturated carbocycles. The van der Waals surface area contributed by atoms with Gasteiger partial charge in [0.2, 0.25) is 0 Å². The summed E-state index contributed by atoms with van der Waals surface area (Å²) in [4.78, 5) is 8.19. The number of nitrogens with zero attached hydrogens (tertiary/aromatic N) is 1. The van der Waals surface area contributed by atoms with Gasteiger partial charge in [-0.2, -0.15) is 0 Å². The van der Waals surface area contributed by atoms with Crippen molar-refractivity contribution in [2.75, 3.05) is 0 Å². The van der Waals surface area contributed by atoms with Crippen molar-refractivity contribution in [3.63, 3.8) is 0 Å². The predicted octanol–water partition coefficient (Wildman–Crippen LogP) is 4.67. The predicted molar refractivity (Wildman–Crippen MR) is 82.8 cm³/mol. The number of aromatic amines is 1. The SMILES string of the molecule is CCCC1CCCC(C(C)C)C1N=Cc1ccc[nH]1. The van der Waals surface area contributed by atoms with E-state index >= 15 is 0 Å². The van der Waals surface area contributed by atoms with Crippen LogP contribution in [0.1, 0.15) is 58.6 Å². The van der Waals surface area contributed by atoms with E-state index in [1.807, 2.05) is 18.5 Å². The van der Waals surface area contributed by atoms with Crippen molar-refractivity contribution < 1.29 is 0 Å². The molecule has 106 valence electrons. The number of nitrogens with one attached hydrogen (secondary N) is 1. The molecule has 0 aliphatic heterocycles. The van der Waals surface area contributed by atoms with Crippen molar-refractivity contribution in [1.82, 2.24) is 4.98 Å². The highest BCUT2D eigenvalue weighted by atomic mass is 14.8. The molecular formula is C17H28N2. The van der Waals surface area contributed by atoms with Gasteiger partial charge >= 0.3 is 0 Å². The molecule has 1 aliphatic carbocycles. The van der Waals surface area contributed by atoms with Gasteiger partial charge in [-0.15, -0.1) is 0 Å². The van der Waals surface area contributed by atoms with Gasteiger partial charge in [-0.25, -0.2) is 0 Å². The third kappa shape index (κ3) is 3.71. The maximum Gasteiger partial charge on any atom is 0.0561 e. The van der Waals surface area contributed by atoms with Crippen molar-refractivity contribution in [3.05, 3.63) is 24.0 Å². The number of aromatic nitrogens is 1. The standard InChI is InChI=1S/C17H28N2/c1-4-7-14-8-5-10-16(13(2)3)17(14)19-12-15-9-6-11-18-15/h6,9,11-14,16-18H,4-5,7-8,10H2,1-3H3. The van der Waals surface area contributed by atoms with Crippen LogP contribution in [0.4, 0.5) is 0 Å². The molecule has 1 aromatic heterocycles. The van der Waals surface area contributed by atoms with Crippen molar-refractivity contribution >= 4 is 6.21 Å². The van der Waals surface area contributed by atoms with Crippen LogP contribution in [0, 0.1) is 17.8 Å². The fraction of sp³-hybridized carbons (Fsp3) is 0.706. The second-order valence-electron chi connectivity index (χ2n) is 6.28. The second kappa shape index (κ2) is 6.93. The second-order valence-corrected chi connectivity index (χ2v) is 6.28. The largest absolute Gasteiger partial charge is 0.360 e. The molecule has 0 aromatic carbocycles. The first-order valence-corrected chi connectivity index (χ1v) is 7.89. The van der Waals surface area contributed by atoms with E-state index in [2.05, 4.69) is 31.8 Å². The van der Waals surface area contributed by atoms with Crippen LogP contribution in [-0.4, -0.2) is 17.2 Å². The van der Waals surface area contributed by atoms with Gasteiger partial charge in [0.1, 0.15) is 0 Å². The van der Waals surface area contributed by atoms with Crippen LogP contribution in [0.25, 0.3) is 0 Å². The van der Waals surface area contributed by atoms with Gasteiger partial charge in [0.15, 0.2) is 0 Å². The summed E-state index contributed by atoms with van der Waals surface area (Å²) < 4.78 is 0. The molecule has 0 spiro atoms. The van der Waals surface area contributed by atoms with E-state index in [9.17, 15) is 0 Å². The highest BCUT2D eigenvalue weighted by molar-refractivity contribution is 5.77.